The summed E-state index contributed by atoms with van der Waals surface area (Å²) in [5.74, 6) is 2.23. The van der Waals surface area contributed by atoms with Gasteiger partial charge in [-0.25, -0.2) is 9.78 Å². The van der Waals surface area contributed by atoms with E-state index in [2.05, 4.69) is 67.8 Å². The number of benzene rings is 2. The number of hydrogen-bond donors (Lipinski definition) is 1. The van der Waals surface area contributed by atoms with Crippen LogP contribution < -0.4 is 4.90 Å². The Morgan fingerprint density at radius 2 is 1.89 bits per heavy atom. The van der Waals surface area contributed by atoms with Gasteiger partial charge in [-0.15, -0.1) is 0 Å². The maximum absolute atomic E-state index is 12.6. The molecule has 198 valence electrons. The van der Waals surface area contributed by atoms with E-state index in [9.17, 15) is 4.79 Å². The molecular formula is C30H39N3O4. The number of hydrogen-bond acceptors (Lipinski definition) is 4. The van der Waals surface area contributed by atoms with Gasteiger partial charge >= 0.3 is 6.09 Å². The number of methoxy groups -OCH3 is 1. The molecule has 0 saturated heterocycles. The topological polar surface area (TPSA) is 84.7 Å². The molecule has 1 aromatic heterocycles. The van der Waals surface area contributed by atoms with Gasteiger partial charge in [0.25, 0.3) is 6.47 Å². The number of carbonyl (C=O) groups is 2. The normalized spacial score (nSPS) is 21.9. The highest BCUT2D eigenvalue weighted by atomic mass is 16.5. The van der Waals surface area contributed by atoms with Gasteiger partial charge in [-0.1, -0.05) is 57.0 Å². The summed E-state index contributed by atoms with van der Waals surface area (Å²) in [4.78, 5) is 28.1. The summed E-state index contributed by atoms with van der Waals surface area (Å²) in [6.45, 7) is 6.54. The van der Waals surface area contributed by atoms with Crippen LogP contribution >= 0.6 is 0 Å². The van der Waals surface area contributed by atoms with Crippen LogP contribution in [0, 0.1) is 5.92 Å². The second-order valence-electron chi connectivity index (χ2n) is 10.6. The van der Waals surface area contributed by atoms with Crippen molar-refractivity contribution in [1.29, 1.82) is 0 Å². The largest absolute Gasteiger partial charge is 0.483 e. The van der Waals surface area contributed by atoms with Crippen LogP contribution in [0.2, 0.25) is 0 Å². The average molecular weight is 506 g/mol. The van der Waals surface area contributed by atoms with E-state index < -0.39 is 0 Å². The molecule has 7 heteroatoms. The first kappa shape index (κ1) is 26.7. The third-order valence-corrected chi connectivity index (χ3v) is 7.95. The number of nitrogens with zero attached hydrogens (tertiary/aromatic N) is 3. The second kappa shape index (κ2) is 11.8. The Kier molecular flexibility index (Phi) is 8.52. The molecule has 1 aliphatic heterocycles. The number of carbonyl (C=O) groups excluding carboxylic acids is 1. The Bertz CT molecular complexity index is 1220. The van der Waals surface area contributed by atoms with Crippen LogP contribution in [0.4, 0.5) is 10.5 Å². The average Bonchev–Trinajstić information content (AvgIpc) is 3.29. The summed E-state index contributed by atoms with van der Waals surface area (Å²) in [5, 5.41) is 6.89. The van der Waals surface area contributed by atoms with Crippen molar-refractivity contribution < 1.29 is 19.4 Å². The SMILES string of the molecule is COC(=O)N1c2ccc3c(nc(C(C)Cc4ccccc4)n3C3CCCC(C)C3)c2CCC1C.O=CO. The van der Waals surface area contributed by atoms with E-state index in [1.54, 1.807) is 0 Å². The maximum Gasteiger partial charge on any atom is 0.414 e. The third-order valence-electron chi connectivity index (χ3n) is 7.95. The number of ether oxygens (including phenoxy) is 1. The van der Waals surface area contributed by atoms with Gasteiger partial charge in [-0.05, 0) is 62.6 Å². The van der Waals surface area contributed by atoms with E-state index in [1.807, 2.05) is 4.90 Å². The summed E-state index contributed by atoms with van der Waals surface area (Å²) in [6.07, 6.45) is 7.55. The number of aryl methyl sites for hydroxylation is 1. The lowest BCUT2D eigenvalue weighted by atomic mass is 9.86. The van der Waals surface area contributed by atoms with E-state index in [-0.39, 0.29) is 18.6 Å². The fourth-order valence-electron chi connectivity index (χ4n) is 6.22. The van der Waals surface area contributed by atoms with Gasteiger partial charge in [0.05, 0.1) is 23.8 Å². The molecule has 1 amide bonds. The molecule has 0 radical (unpaired) electrons. The van der Waals surface area contributed by atoms with Gasteiger partial charge in [-0.2, -0.15) is 0 Å². The van der Waals surface area contributed by atoms with E-state index in [1.165, 1.54) is 55.3 Å². The Balaban J connectivity index is 0.00000102. The molecule has 1 N–H and O–H groups in total. The van der Waals surface area contributed by atoms with Crippen molar-refractivity contribution in [3.05, 3.63) is 59.4 Å². The van der Waals surface area contributed by atoms with E-state index in [0.29, 0.717) is 12.0 Å². The van der Waals surface area contributed by atoms with Crippen LogP contribution in [-0.2, 0) is 22.4 Å². The van der Waals surface area contributed by atoms with Crippen molar-refractivity contribution in [3.63, 3.8) is 0 Å². The molecule has 2 aliphatic rings. The van der Waals surface area contributed by atoms with Gasteiger partial charge in [0.2, 0.25) is 0 Å². The smallest absolute Gasteiger partial charge is 0.414 e. The first-order chi connectivity index (χ1) is 17.9. The molecule has 1 fully saturated rings. The first-order valence-electron chi connectivity index (χ1n) is 13.4. The van der Waals surface area contributed by atoms with Gasteiger partial charge in [0, 0.05) is 23.6 Å². The van der Waals surface area contributed by atoms with E-state index in [4.69, 9.17) is 19.6 Å². The van der Waals surface area contributed by atoms with Crippen molar-refractivity contribution in [1.82, 2.24) is 9.55 Å². The highest BCUT2D eigenvalue weighted by Gasteiger charge is 2.33. The zero-order valence-electron chi connectivity index (χ0n) is 22.4. The molecule has 1 aliphatic carbocycles. The number of fused-ring (bicyclic) bond motifs is 3. The minimum absolute atomic E-state index is 0.121. The summed E-state index contributed by atoms with van der Waals surface area (Å²) < 4.78 is 7.70. The Morgan fingerprint density at radius 1 is 1.16 bits per heavy atom. The molecule has 0 bridgehead atoms. The van der Waals surface area contributed by atoms with Crippen LogP contribution in [0.15, 0.2) is 42.5 Å². The molecule has 3 aromatic rings. The zero-order chi connectivity index (χ0) is 26.5. The monoisotopic (exact) mass is 505 g/mol. The molecule has 7 nitrogen and oxygen atoms in total. The van der Waals surface area contributed by atoms with Gasteiger partial charge in [-0.3, -0.25) is 9.69 Å². The lowest BCUT2D eigenvalue weighted by molar-refractivity contribution is -0.122. The Labute approximate surface area is 219 Å². The predicted molar refractivity (Wildman–Crippen MR) is 146 cm³/mol. The van der Waals surface area contributed by atoms with Crippen LogP contribution in [-0.4, -0.2) is 40.4 Å². The molecule has 2 heterocycles. The highest BCUT2D eigenvalue weighted by Crippen LogP contribution is 2.41. The molecular weight excluding hydrogens is 466 g/mol. The van der Waals surface area contributed by atoms with Crippen molar-refractivity contribution in [2.45, 2.75) is 83.7 Å². The fourth-order valence-corrected chi connectivity index (χ4v) is 6.22. The molecule has 2 aromatic carbocycles. The summed E-state index contributed by atoms with van der Waals surface area (Å²) in [6, 6.07) is 15.7. The number of rotatable bonds is 4. The van der Waals surface area contributed by atoms with Crippen LogP contribution in [0.5, 0.6) is 0 Å². The summed E-state index contributed by atoms with van der Waals surface area (Å²) in [7, 11) is 1.46. The van der Waals surface area contributed by atoms with Gasteiger partial charge in [0.15, 0.2) is 0 Å². The molecule has 0 spiro atoms. The summed E-state index contributed by atoms with van der Waals surface area (Å²) in [5.41, 5.74) is 5.80. The molecule has 4 atom stereocenters. The van der Waals surface area contributed by atoms with Crippen LogP contribution in [0.25, 0.3) is 11.0 Å². The van der Waals surface area contributed by atoms with Crippen LogP contribution in [0.3, 0.4) is 0 Å². The highest BCUT2D eigenvalue weighted by molar-refractivity contribution is 5.95. The minimum Gasteiger partial charge on any atom is -0.483 e. The third kappa shape index (κ3) is 5.50. The molecule has 5 rings (SSSR count). The van der Waals surface area contributed by atoms with Crippen molar-refractivity contribution in [2.75, 3.05) is 12.0 Å². The second-order valence-corrected chi connectivity index (χ2v) is 10.6. The van der Waals surface area contributed by atoms with E-state index in [0.717, 1.165) is 36.4 Å². The first-order valence-corrected chi connectivity index (χ1v) is 13.4. The van der Waals surface area contributed by atoms with Crippen molar-refractivity contribution in [2.24, 2.45) is 5.92 Å². The molecule has 4 unspecified atom stereocenters. The standard InChI is InChI=1S/C29H37N3O2.CH2O2/c1-19-9-8-12-23(17-19)32-26-16-15-25-24(14-13-21(3)31(25)29(33)34-4)27(26)30-28(32)20(2)18-22-10-6-5-7-11-22;2-1-3/h5-7,10-11,15-16,19-21,23H,8-9,12-14,17-18H2,1-4H3;1H,(H,2,3). The van der Waals surface area contributed by atoms with Crippen molar-refractivity contribution in [3.8, 4) is 0 Å². The fraction of sp³-hybridized carbons (Fsp3) is 0.500. The van der Waals surface area contributed by atoms with Crippen molar-refractivity contribution >= 4 is 29.3 Å². The quantitative estimate of drug-likeness (QED) is 0.397. The lowest BCUT2D eigenvalue weighted by Gasteiger charge is -2.34. The molecule has 37 heavy (non-hydrogen) atoms. The number of imidazole rings is 1. The number of aromatic nitrogens is 2. The zero-order valence-corrected chi connectivity index (χ0v) is 22.4. The predicted octanol–water partition coefficient (Wildman–Crippen LogP) is 6.74. The van der Waals surface area contributed by atoms with Gasteiger partial charge in [0.1, 0.15) is 5.82 Å². The number of amides is 1. The van der Waals surface area contributed by atoms with Crippen LogP contribution in [0.1, 0.15) is 81.8 Å². The Hall–Kier alpha value is -3.35. The maximum atomic E-state index is 12.6. The molecule has 1 saturated carbocycles. The minimum atomic E-state index is -0.286. The lowest BCUT2D eigenvalue weighted by Crippen LogP contribution is -2.42. The number of anilines is 1. The number of carboxylic acid groups (broad SMARTS) is 1. The Morgan fingerprint density at radius 3 is 2.57 bits per heavy atom. The van der Waals surface area contributed by atoms with Gasteiger partial charge < -0.3 is 14.4 Å². The van der Waals surface area contributed by atoms with E-state index >= 15 is 0 Å². The summed E-state index contributed by atoms with van der Waals surface area (Å²) >= 11 is 0.